The number of benzene rings is 3. The van der Waals surface area contributed by atoms with Crippen LogP contribution in [0.2, 0.25) is 0 Å². The van der Waals surface area contributed by atoms with Gasteiger partial charge in [0.05, 0.1) is 21.5 Å². The van der Waals surface area contributed by atoms with Crippen molar-refractivity contribution in [2.24, 2.45) is 0 Å². The maximum Gasteiger partial charge on any atom is 0.0785 e. The summed E-state index contributed by atoms with van der Waals surface area (Å²) in [5, 5.41) is 0. The Hall–Kier alpha value is -2.55. The summed E-state index contributed by atoms with van der Waals surface area (Å²) in [6.45, 7) is 4.47. The number of hydrogen-bond acceptors (Lipinski definition) is 0. The van der Waals surface area contributed by atoms with Crippen LogP contribution >= 0.6 is 0 Å². The third-order valence-electron chi connectivity index (χ3n) is 5.55. The van der Waals surface area contributed by atoms with Crippen molar-refractivity contribution in [1.29, 1.82) is 0 Å². The lowest BCUT2D eigenvalue weighted by Gasteiger charge is -2.07. The molecule has 0 atom stereocenters. The predicted octanol–water partition coefficient (Wildman–Crippen LogP) is 8.92. The van der Waals surface area contributed by atoms with E-state index in [0.29, 0.717) is 21.5 Å². The SMILES string of the molecule is CCCc1ccc(CCc2ccc(CCc3ccc(CCC)cc3)cc2)cc1.CF.CF.CF. The molecule has 188 valence electrons. The molecule has 0 amide bonds. The highest BCUT2D eigenvalue weighted by atomic mass is 19.1. The molecular formula is C31H43F3. The quantitative estimate of drug-likeness (QED) is 0.276. The molecule has 3 rings (SSSR count). The van der Waals surface area contributed by atoms with Crippen molar-refractivity contribution in [3.63, 3.8) is 0 Å². The largest absolute Gasteiger partial charge is 0.255 e. The van der Waals surface area contributed by atoms with E-state index in [1.165, 1.54) is 59.1 Å². The second-order valence-corrected chi connectivity index (χ2v) is 7.95. The van der Waals surface area contributed by atoms with Crippen LogP contribution in [-0.4, -0.2) is 21.5 Å². The fraction of sp³-hybridized carbons (Fsp3) is 0.419. The molecule has 0 radical (unpaired) electrons. The molecule has 0 N–H and O–H groups in total. The Morgan fingerprint density at radius 3 is 0.618 bits per heavy atom. The molecule has 0 saturated heterocycles. The molecule has 0 aliphatic rings. The van der Waals surface area contributed by atoms with Crippen molar-refractivity contribution in [2.45, 2.75) is 65.2 Å². The van der Waals surface area contributed by atoms with Gasteiger partial charge in [-0.25, -0.2) is 0 Å². The molecule has 0 fully saturated rings. The summed E-state index contributed by atoms with van der Waals surface area (Å²) >= 11 is 0. The molecule has 0 bridgehead atoms. The molecule has 3 aromatic rings. The van der Waals surface area contributed by atoms with Gasteiger partial charge in [-0.05, 0) is 71.9 Å². The summed E-state index contributed by atoms with van der Waals surface area (Å²) in [6.07, 6.45) is 9.28. The Balaban J connectivity index is 0.00000168. The lowest BCUT2D eigenvalue weighted by molar-refractivity contribution is 0.635. The van der Waals surface area contributed by atoms with Gasteiger partial charge in [0.15, 0.2) is 0 Å². The lowest BCUT2D eigenvalue weighted by atomic mass is 9.99. The number of hydrogen-bond donors (Lipinski definition) is 0. The van der Waals surface area contributed by atoms with Crippen LogP contribution in [0.5, 0.6) is 0 Å². The summed E-state index contributed by atoms with van der Waals surface area (Å²) in [6, 6.07) is 27.6. The minimum absolute atomic E-state index is 0.500. The first-order chi connectivity index (χ1) is 16.8. The van der Waals surface area contributed by atoms with Crippen molar-refractivity contribution in [3.8, 4) is 0 Å². The maximum atomic E-state index is 9.50. The Morgan fingerprint density at radius 2 is 0.471 bits per heavy atom. The zero-order chi connectivity index (χ0) is 25.6. The second kappa shape index (κ2) is 21.0. The van der Waals surface area contributed by atoms with Crippen LogP contribution in [0.25, 0.3) is 0 Å². The van der Waals surface area contributed by atoms with E-state index in [1.807, 2.05) is 0 Å². The Kier molecular flexibility index (Phi) is 19.4. The molecule has 34 heavy (non-hydrogen) atoms. The van der Waals surface area contributed by atoms with Crippen molar-refractivity contribution in [2.75, 3.05) is 21.5 Å². The monoisotopic (exact) mass is 472 g/mol. The standard InChI is InChI=1S/C28H34.3CH3F/c1-3-5-23-7-11-25(12-8-23)15-17-27-19-21-28(22-20-27)18-16-26-13-9-24(6-4-2)10-14-26;3*1-2/h7-14,19-22H,3-6,15-18H2,1-2H3;3*1H3. The van der Waals surface area contributed by atoms with Gasteiger partial charge in [-0.2, -0.15) is 0 Å². The lowest BCUT2D eigenvalue weighted by Crippen LogP contribution is -1.95. The fourth-order valence-electron chi connectivity index (χ4n) is 3.77. The minimum Gasteiger partial charge on any atom is -0.255 e. The summed E-state index contributed by atoms with van der Waals surface area (Å²) in [4.78, 5) is 0. The van der Waals surface area contributed by atoms with Crippen LogP contribution in [0.1, 0.15) is 60.1 Å². The van der Waals surface area contributed by atoms with E-state index >= 15 is 0 Å². The van der Waals surface area contributed by atoms with Crippen molar-refractivity contribution in [1.82, 2.24) is 0 Å². The molecule has 0 saturated carbocycles. The van der Waals surface area contributed by atoms with Gasteiger partial charge in [-0.15, -0.1) is 0 Å². The topological polar surface area (TPSA) is 0 Å². The van der Waals surface area contributed by atoms with Gasteiger partial charge in [0.1, 0.15) is 0 Å². The number of alkyl halides is 3. The van der Waals surface area contributed by atoms with Crippen molar-refractivity contribution >= 4 is 0 Å². The molecule has 3 heteroatoms. The van der Waals surface area contributed by atoms with Gasteiger partial charge < -0.3 is 0 Å². The highest BCUT2D eigenvalue weighted by molar-refractivity contribution is 5.28. The van der Waals surface area contributed by atoms with Gasteiger partial charge in [-0.3, -0.25) is 13.2 Å². The van der Waals surface area contributed by atoms with Gasteiger partial charge >= 0.3 is 0 Å². The van der Waals surface area contributed by atoms with Crippen molar-refractivity contribution in [3.05, 3.63) is 106 Å². The molecule has 3 aromatic carbocycles. The molecular weight excluding hydrogens is 429 g/mol. The Labute approximate surface area is 206 Å². The van der Waals surface area contributed by atoms with Crippen LogP contribution < -0.4 is 0 Å². The van der Waals surface area contributed by atoms with E-state index in [9.17, 15) is 13.2 Å². The molecule has 0 aliphatic carbocycles. The minimum atomic E-state index is 0.500. The average molecular weight is 473 g/mol. The van der Waals surface area contributed by atoms with Crippen LogP contribution in [-0.2, 0) is 38.5 Å². The number of aryl methyl sites for hydroxylation is 6. The van der Waals surface area contributed by atoms with Gasteiger partial charge in [0.2, 0.25) is 0 Å². The third kappa shape index (κ3) is 12.6. The zero-order valence-electron chi connectivity index (χ0n) is 21.7. The number of rotatable bonds is 10. The van der Waals surface area contributed by atoms with Gasteiger partial charge in [-0.1, -0.05) is 99.5 Å². The van der Waals surface area contributed by atoms with Crippen LogP contribution in [0.3, 0.4) is 0 Å². The maximum absolute atomic E-state index is 9.50. The summed E-state index contributed by atoms with van der Waals surface area (Å²) < 4.78 is 28.5. The predicted molar refractivity (Wildman–Crippen MR) is 143 cm³/mol. The van der Waals surface area contributed by atoms with E-state index in [0.717, 1.165) is 25.7 Å². The first-order valence-electron chi connectivity index (χ1n) is 12.1. The van der Waals surface area contributed by atoms with E-state index < -0.39 is 0 Å². The zero-order valence-corrected chi connectivity index (χ0v) is 21.7. The summed E-state index contributed by atoms with van der Waals surface area (Å²) in [7, 11) is 1.50. The number of halogens is 3. The smallest absolute Gasteiger partial charge is 0.0785 e. The molecule has 0 heterocycles. The summed E-state index contributed by atoms with van der Waals surface area (Å²) in [5.74, 6) is 0. The molecule has 0 nitrogen and oxygen atoms in total. The van der Waals surface area contributed by atoms with E-state index in [2.05, 4.69) is 86.6 Å². The highest BCUT2D eigenvalue weighted by Gasteiger charge is 2.00. The Morgan fingerprint density at radius 1 is 0.324 bits per heavy atom. The van der Waals surface area contributed by atoms with Crippen LogP contribution in [0, 0.1) is 0 Å². The summed E-state index contributed by atoms with van der Waals surface area (Å²) in [5.41, 5.74) is 8.66. The van der Waals surface area contributed by atoms with Gasteiger partial charge in [0.25, 0.3) is 0 Å². The van der Waals surface area contributed by atoms with Crippen LogP contribution in [0.15, 0.2) is 72.8 Å². The van der Waals surface area contributed by atoms with E-state index in [1.54, 1.807) is 0 Å². The highest BCUT2D eigenvalue weighted by Crippen LogP contribution is 2.14. The van der Waals surface area contributed by atoms with Crippen LogP contribution in [0.4, 0.5) is 13.2 Å². The van der Waals surface area contributed by atoms with E-state index in [4.69, 9.17) is 0 Å². The first kappa shape index (κ1) is 31.5. The molecule has 0 aromatic heterocycles. The third-order valence-corrected chi connectivity index (χ3v) is 5.55. The Bertz CT molecular complexity index is 750. The van der Waals surface area contributed by atoms with Gasteiger partial charge in [0, 0.05) is 0 Å². The second-order valence-electron chi connectivity index (χ2n) is 7.95. The van der Waals surface area contributed by atoms with E-state index in [-0.39, 0.29) is 0 Å². The molecule has 0 spiro atoms. The molecule has 0 unspecified atom stereocenters. The first-order valence-corrected chi connectivity index (χ1v) is 12.1. The van der Waals surface area contributed by atoms with Crippen molar-refractivity contribution < 1.29 is 13.2 Å². The normalized spacial score (nSPS) is 9.53. The average Bonchev–Trinajstić information content (AvgIpc) is 2.92. The molecule has 0 aliphatic heterocycles. The fourth-order valence-corrected chi connectivity index (χ4v) is 3.77.